The van der Waals surface area contributed by atoms with Gasteiger partial charge in [-0.15, -0.1) is 0 Å². The van der Waals surface area contributed by atoms with Gasteiger partial charge in [0.1, 0.15) is 0 Å². The van der Waals surface area contributed by atoms with E-state index in [4.69, 9.17) is 16.3 Å². The Kier molecular flexibility index (Phi) is 5.43. The molecule has 0 saturated carbocycles. The second-order valence-electron chi connectivity index (χ2n) is 6.32. The minimum atomic E-state index is -0.869. The standard InChI is InChI=1S/C21H20ClNO3/c1-14-13-17-8-4-6-10-19(17)23(14)21(25)15(2)26-20(24)12-11-16-7-3-5-9-18(16)22/h3-12,14-15H,13H2,1-2H3/b12-11+/t14-,15+/m0/s1. The molecule has 1 amide bonds. The van der Waals surface area contributed by atoms with Gasteiger partial charge in [-0.25, -0.2) is 4.79 Å². The Morgan fingerprint density at radius 3 is 2.65 bits per heavy atom. The van der Waals surface area contributed by atoms with Gasteiger partial charge in [0.15, 0.2) is 6.10 Å². The van der Waals surface area contributed by atoms with Gasteiger partial charge in [-0.2, -0.15) is 0 Å². The molecule has 2 aromatic rings. The van der Waals surface area contributed by atoms with E-state index in [9.17, 15) is 9.59 Å². The van der Waals surface area contributed by atoms with E-state index in [-0.39, 0.29) is 11.9 Å². The van der Waals surface area contributed by atoms with E-state index in [0.717, 1.165) is 17.7 Å². The minimum absolute atomic E-state index is 0.0414. The van der Waals surface area contributed by atoms with Crippen molar-refractivity contribution in [3.05, 3.63) is 70.8 Å². The Morgan fingerprint density at radius 1 is 1.19 bits per heavy atom. The molecular formula is C21H20ClNO3. The first-order chi connectivity index (χ1) is 12.5. The fourth-order valence-electron chi connectivity index (χ4n) is 3.13. The van der Waals surface area contributed by atoms with Crippen molar-refractivity contribution in [1.82, 2.24) is 0 Å². The van der Waals surface area contributed by atoms with Crippen LogP contribution in [0.3, 0.4) is 0 Å². The van der Waals surface area contributed by atoms with Gasteiger partial charge < -0.3 is 9.64 Å². The van der Waals surface area contributed by atoms with Crippen LogP contribution in [0.4, 0.5) is 5.69 Å². The third kappa shape index (κ3) is 3.81. The molecule has 0 spiro atoms. The summed E-state index contributed by atoms with van der Waals surface area (Å²) in [6.45, 7) is 3.58. The van der Waals surface area contributed by atoms with Crippen molar-refractivity contribution in [3.63, 3.8) is 0 Å². The van der Waals surface area contributed by atoms with Crippen LogP contribution in [0.5, 0.6) is 0 Å². The molecule has 134 valence electrons. The Hall–Kier alpha value is -2.59. The highest BCUT2D eigenvalue weighted by Crippen LogP contribution is 2.32. The zero-order valence-corrected chi connectivity index (χ0v) is 15.4. The summed E-state index contributed by atoms with van der Waals surface area (Å²) in [4.78, 5) is 26.6. The Balaban J connectivity index is 1.66. The van der Waals surface area contributed by atoms with Crippen molar-refractivity contribution in [2.75, 3.05) is 4.90 Å². The molecule has 3 rings (SSSR count). The third-order valence-corrected chi connectivity index (χ3v) is 4.73. The lowest BCUT2D eigenvalue weighted by Gasteiger charge is -2.25. The lowest BCUT2D eigenvalue weighted by molar-refractivity contribution is -0.149. The van der Waals surface area contributed by atoms with Crippen LogP contribution >= 0.6 is 11.6 Å². The van der Waals surface area contributed by atoms with Crippen LogP contribution in [0.1, 0.15) is 25.0 Å². The monoisotopic (exact) mass is 369 g/mol. The van der Waals surface area contributed by atoms with Gasteiger partial charge >= 0.3 is 5.97 Å². The minimum Gasteiger partial charge on any atom is -0.449 e. The zero-order valence-electron chi connectivity index (χ0n) is 14.7. The van der Waals surface area contributed by atoms with Gasteiger partial charge in [0.05, 0.1) is 0 Å². The number of anilines is 1. The number of hydrogen-bond acceptors (Lipinski definition) is 3. The van der Waals surface area contributed by atoms with Crippen LogP contribution in [0.15, 0.2) is 54.6 Å². The van der Waals surface area contributed by atoms with Gasteiger partial charge in [-0.1, -0.05) is 48.0 Å². The smallest absolute Gasteiger partial charge is 0.331 e. The lowest BCUT2D eigenvalue weighted by atomic mass is 10.1. The number of ether oxygens (including phenoxy) is 1. The molecule has 0 fully saturated rings. The van der Waals surface area contributed by atoms with Crippen LogP contribution in [0.25, 0.3) is 6.08 Å². The average molecular weight is 370 g/mol. The Morgan fingerprint density at radius 2 is 1.88 bits per heavy atom. The molecule has 4 nitrogen and oxygen atoms in total. The Labute approximate surface area is 158 Å². The molecule has 0 N–H and O–H groups in total. The van der Waals surface area contributed by atoms with E-state index in [1.807, 2.05) is 43.3 Å². The highest BCUT2D eigenvalue weighted by atomic mass is 35.5. The molecule has 0 radical (unpaired) electrons. The SMILES string of the molecule is C[C@@H](OC(=O)/C=C/c1ccccc1Cl)C(=O)N1c2ccccc2C[C@@H]1C. The van der Waals surface area contributed by atoms with Crippen LogP contribution in [0, 0.1) is 0 Å². The number of para-hydroxylation sites is 1. The van der Waals surface area contributed by atoms with E-state index in [0.29, 0.717) is 10.6 Å². The molecule has 0 aromatic heterocycles. The first kappa shape index (κ1) is 18.2. The van der Waals surface area contributed by atoms with Crippen molar-refractivity contribution in [1.29, 1.82) is 0 Å². The summed E-state index contributed by atoms with van der Waals surface area (Å²) >= 11 is 6.05. The first-order valence-electron chi connectivity index (χ1n) is 8.51. The summed E-state index contributed by atoms with van der Waals surface area (Å²) in [7, 11) is 0. The van der Waals surface area contributed by atoms with E-state index < -0.39 is 12.1 Å². The summed E-state index contributed by atoms with van der Waals surface area (Å²) in [6, 6.07) is 15.0. The fraction of sp³-hybridized carbons (Fsp3) is 0.238. The van der Waals surface area contributed by atoms with Crippen molar-refractivity contribution in [3.8, 4) is 0 Å². The maximum absolute atomic E-state index is 12.8. The molecule has 0 unspecified atom stereocenters. The van der Waals surface area contributed by atoms with Gasteiger partial charge in [-0.05, 0) is 49.6 Å². The lowest BCUT2D eigenvalue weighted by Crippen LogP contribution is -2.43. The molecule has 0 saturated heterocycles. The largest absolute Gasteiger partial charge is 0.449 e. The van der Waals surface area contributed by atoms with E-state index in [2.05, 4.69) is 0 Å². The second-order valence-corrected chi connectivity index (χ2v) is 6.73. The normalized spacial score (nSPS) is 17.2. The summed E-state index contributed by atoms with van der Waals surface area (Å²) in [5.41, 5.74) is 2.73. The summed E-state index contributed by atoms with van der Waals surface area (Å²) in [5.74, 6) is -0.798. The van der Waals surface area contributed by atoms with Gasteiger partial charge in [0, 0.05) is 22.8 Å². The van der Waals surface area contributed by atoms with E-state index in [1.165, 1.54) is 6.08 Å². The highest BCUT2D eigenvalue weighted by molar-refractivity contribution is 6.32. The average Bonchev–Trinajstić information content (AvgIpc) is 2.96. The van der Waals surface area contributed by atoms with Crippen molar-refractivity contribution < 1.29 is 14.3 Å². The molecule has 2 aromatic carbocycles. The van der Waals surface area contributed by atoms with Crippen LogP contribution < -0.4 is 4.90 Å². The number of carbonyl (C=O) groups is 2. The number of esters is 1. The van der Waals surface area contributed by atoms with Crippen LogP contribution in [-0.4, -0.2) is 24.0 Å². The molecule has 5 heteroatoms. The predicted octanol–water partition coefficient (Wildman–Crippen LogP) is 4.26. The third-order valence-electron chi connectivity index (χ3n) is 4.39. The second kappa shape index (κ2) is 7.75. The summed E-state index contributed by atoms with van der Waals surface area (Å²) in [6.07, 6.45) is 2.80. The molecule has 26 heavy (non-hydrogen) atoms. The first-order valence-corrected chi connectivity index (χ1v) is 8.89. The molecule has 0 bridgehead atoms. The van der Waals surface area contributed by atoms with Crippen LogP contribution in [0.2, 0.25) is 5.02 Å². The maximum Gasteiger partial charge on any atom is 0.331 e. The maximum atomic E-state index is 12.8. The number of hydrogen-bond donors (Lipinski definition) is 0. The van der Waals surface area contributed by atoms with Gasteiger partial charge in [0.2, 0.25) is 0 Å². The highest BCUT2D eigenvalue weighted by Gasteiger charge is 2.34. The molecule has 1 aliphatic heterocycles. The number of nitrogens with zero attached hydrogens (tertiary/aromatic N) is 1. The number of carbonyl (C=O) groups excluding carboxylic acids is 2. The topological polar surface area (TPSA) is 46.6 Å². The van der Waals surface area contributed by atoms with Crippen molar-refractivity contribution in [2.24, 2.45) is 0 Å². The van der Waals surface area contributed by atoms with Gasteiger partial charge in [0.25, 0.3) is 5.91 Å². The van der Waals surface area contributed by atoms with E-state index in [1.54, 1.807) is 30.0 Å². The molecular weight excluding hydrogens is 350 g/mol. The number of rotatable bonds is 4. The number of fused-ring (bicyclic) bond motifs is 1. The Bertz CT molecular complexity index is 862. The van der Waals surface area contributed by atoms with E-state index >= 15 is 0 Å². The van der Waals surface area contributed by atoms with Gasteiger partial charge in [-0.3, -0.25) is 4.79 Å². The predicted molar refractivity (Wildman–Crippen MR) is 103 cm³/mol. The van der Waals surface area contributed by atoms with Crippen molar-refractivity contribution >= 4 is 35.2 Å². The zero-order chi connectivity index (χ0) is 18.7. The van der Waals surface area contributed by atoms with Crippen molar-refractivity contribution in [2.45, 2.75) is 32.4 Å². The molecule has 0 aliphatic carbocycles. The number of halogens is 1. The molecule has 1 heterocycles. The van der Waals surface area contributed by atoms with Crippen LogP contribution in [-0.2, 0) is 20.7 Å². The summed E-state index contributed by atoms with van der Waals surface area (Å²) in [5, 5.41) is 0.545. The number of amides is 1. The summed E-state index contributed by atoms with van der Waals surface area (Å²) < 4.78 is 5.29. The quantitative estimate of drug-likeness (QED) is 0.597. The molecule has 2 atom stereocenters. The number of benzene rings is 2. The fourth-order valence-corrected chi connectivity index (χ4v) is 3.33. The molecule has 1 aliphatic rings.